The van der Waals surface area contributed by atoms with Gasteiger partial charge in [-0.3, -0.25) is 4.39 Å². The van der Waals surface area contributed by atoms with Gasteiger partial charge in [-0.1, -0.05) is 19.9 Å². The summed E-state index contributed by atoms with van der Waals surface area (Å²) in [7, 11) is 8.42. The van der Waals surface area contributed by atoms with E-state index in [1.54, 1.807) is 7.11 Å². The molecule has 2 atom stereocenters. The lowest BCUT2D eigenvalue weighted by Crippen LogP contribution is -2.14. The fourth-order valence-electron chi connectivity index (χ4n) is 2.99. The van der Waals surface area contributed by atoms with Crippen molar-refractivity contribution in [1.82, 2.24) is 9.88 Å². The van der Waals surface area contributed by atoms with Crippen molar-refractivity contribution < 1.29 is 27.5 Å². The molecule has 0 spiro atoms. The summed E-state index contributed by atoms with van der Waals surface area (Å²) >= 11 is 0. The number of halogens is 3. The third kappa shape index (κ3) is 10.4. The van der Waals surface area contributed by atoms with Gasteiger partial charge in [0.15, 0.2) is 11.6 Å². The molecule has 3 rings (SSSR count). The average Bonchev–Trinajstić information content (AvgIpc) is 3.28. The number of nitrogens with one attached hydrogen (secondary N) is 1. The number of aliphatic hydroxyl groups is 1. The minimum absolute atomic E-state index is 0.0714. The van der Waals surface area contributed by atoms with Crippen molar-refractivity contribution in [2.45, 2.75) is 32.8 Å². The van der Waals surface area contributed by atoms with Crippen LogP contribution in [0.3, 0.4) is 0 Å². The highest BCUT2D eigenvalue weighted by atomic mass is 31.0. The van der Waals surface area contributed by atoms with Crippen LogP contribution < -0.4 is 4.74 Å². The number of rotatable bonds is 8. The molecular formula is C25H38F3N2O3P. The van der Waals surface area contributed by atoms with Crippen molar-refractivity contribution in [2.24, 2.45) is 0 Å². The molecular weight excluding hydrogens is 464 g/mol. The maximum atomic E-state index is 12.8. The summed E-state index contributed by atoms with van der Waals surface area (Å²) in [6.45, 7) is 5.00. The number of hydrogen-bond acceptors (Lipinski definition) is 4. The lowest BCUT2D eigenvalue weighted by molar-refractivity contribution is 0.178. The number of benzene rings is 2. The van der Waals surface area contributed by atoms with Gasteiger partial charge in [0.25, 0.3) is 0 Å². The molecule has 0 aliphatic carbocycles. The molecule has 1 aromatic heterocycles. The minimum Gasteiger partial charge on any atom is -0.497 e. The number of aliphatic hydroxyl groups excluding tert-OH is 1. The normalized spacial score (nSPS) is 10.9. The molecule has 0 saturated heterocycles. The second kappa shape index (κ2) is 18.2. The second-order valence-electron chi connectivity index (χ2n) is 7.09. The van der Waals surface area contributed by atoms with Crippen molar-refractivity contribution in [3.63, 3.8) is 0 Å². The fourth-order valence-corrected chi connectivity index (χ4v) is 3.28. The van der Waals surface area contributed by atoms with Crippen molar-refractivity contribution in [3.8, 4) is 5.75 Å². The Hall–Kier alpha value is -2.12. The van der Waals surface area contributed by atoms with Crippen LogP contribution in [0, 0.1) is 11.6 Å². The van der Waals surface area contributed by atoms with Gasteiger partial charge in [0, 0.05) is 52.2 Å². The van der Waals surface area contributed by atoms with Gasteiger partial charge in [-0.2, -0.15) is 0 Å². The zero-order valence-electron chi connectivity index (χ0n) is 20.9. The molecule has 0 aliphatic rings. The molecule has 2 N–H and O–H groups in total. The monoisotopic (exact) mass is 502 g/mol. The largest absolute Gasteiger partial charge is 0.497 e. The molecule has 5 nitrogen and oxygen atoms in total. The van der Waals surface area contributed by atoms with Crippen LogP contribution in [0.2, 0.25) is 0 Å². The van der Waals surface area contributed by atoms with E-state index < -0.39 is 17.7 Å². The Bertz CT molecular complexity index is 939. The average molecular weight is 503 g/mol. The lowest BCUT2D eigenvalue weighted by Gasteiger charge is -2.13. The summed E-state index contributed by atoms with van der Waals surface area (Å²) in [5.74, 6) is -0.902. The number of methoxy groups -OCH3 is 1. The molecule has 2 unspecified atom stereocenters. The summed E-state index contributed by atoms with van der Waals surface area (Å²) in [5.41, 5.74) is 3.02. The van der Waals surface area contributed by atoms with Crippen LogP contribution >= 0.6 is 9.47 Å². The Balaban J connectivity index is 0.000000563. The molecule has 0 amide bonds. The van der Waals surface area contributed by atoms with E-state index in [0.29, 0.717) is 19.2 Å². The summed E-state index contributed by atoms with van der Waals surface area (Å²) in [5, 5.41) is 9.99. The highest BCUT2D eigenvalue weighted by Gasteiger charge is 2.12. The van der Waals surface area contributed by atoms with Gasteiger partial charge in [0.2, 0.25) is 0 Å². The van der Waals surface area contributed by atoms with Gasteiger partial charge >= 0.3 is 0 Å². The molecule has 9 heteroatoms. The van der Waals surface area contributed by atoms with Crippen molar-refractivity contribution >= 4 is 20.4 Å². The van der Waals surface area contributed by atoms with Crippen LogP contribution in [-0.2, 0) is 10.9 Å². The van der Waals surface area contributed by atoms with Gasteiger partial charge in [-0.25, -0.2) is 8.78 Å². The zero-order chi connectivity index (χ0) is 26.1. The predicted molar refractivity (Wildman–Crippen MR) is 137 cm³/mol. The summed E-state index contributed by atoms with van der Waals surface area (Å²) < 4.78 is 45.0. The van der Waals surface area contributed by atoms with E-state index in [1.165, 1.54) is 17.0 Å². The number of ether oxygens (including phenoxy) is 1. The second-order valence-corrected chi connectivity index (χ2v) is 7.36. The number of aromatic amines is 1. The number of aromatic nitrogens is 1. The molecule has 0 aliphatic heterocycles. The van der Waals surface area contributed by atoms with E-state index in [4.69, 9.17) is 14.4 Å². The lowest BCUT2D eigenvalue weighted by atomic mass is 10.1. The van der Waals surface area contributed by atoms with Gasteiger partial charge in [-0.05, 0) is 55.9 Å². The van der Waals surface area contributed by atoms with E-state index in [2.05, 4.69) is 36.2 Å². The molecule has 0 bridgehead atoms. The third-order valence-corrected chi connectivity index (χ3v) is 5.00. The molecule has 34 heavy (non-hydrogen) atoms. The predicted octanol–water partition coefficient (Wildman–Crippen LogP) is 6.09. The quantitative estimate of drug-likeness (QED) is 0.366. The van der Waals surface area contributed by atoms with Crippen molar-refractivity contribution in [3.05, 3.63) is 65.4 Å². The summed E-state index contributed by atoms with van der Waals surface area (Å²) in [6, 6.07) is 9.71. The molecule has 0 radical (unpaired) electrons. The van der Waals surface area contributed by atoms with E-state index in [-0.39, 0.29) is 6.61 Å². The Kier molecular flexibility index (Phi) is 17.1. The highest BCUT2D eigenvalue weighted by molar-refractivity contribution is 7.09. The number of fused-ring (bicyclic) bond motifs is 1. The molecule has 2 aromatic carbocycles. The molecule has 1 heterocycles. The zero-order valence-corrected chi connectivity index (χ0v) is 22.0. The van der Waals surface area contributed by atoms with E-state index in [9.17, 15) is 13.2 Å². The smallest absolute Gasteiger partial charge is 0.159 e. The maximum absolute atomic E-state index is 12.8. The topological polar surface area (TPSA) is 57.7 Å². The summed E-state index contributed by atoms with van der Waals surface area (Å²) in [6.07, 6.45) is 3.07. The van der Waals surface area contributed by atoms with Gasteiger partial charge in [0.1, 0.15) is 5.75 Å². The molecule has 3 aromatic rings. The standard InChI is InChI=1S/C13H18N2O.C9H11F2O2P.C2H6.CH3F/c1-15(2)7-6-10-9-14-13-8-11(16-3)4-5-12(10)13;10-7-2-1-6(5-8(7)11)9(13-14)3-4-12;2*1-2/h4-5,8-9,14H,6-7H2,1-3H3;1-2,5,9,12H,3-4,14H2;1-2H3;1H3. The minimum atomic E-state index is -0.910. The fraction of sp³-hybridized carbons (Fsp3) is 0.440. The van der Waals surface area contributed by atoms with Crippen LogP contribution in [-0.4, -0.2) is 56.5 Å². The van der Waals surface area contributed by atoms with Crippen molar-refractivity contribution in [2.75, 3.05) is 41.5 Å². The Morgan fingerprint density at radius 2 is 1.74 bits per heavy atom. The number of nitrogens with zero attached hydrogens (tertiary/aromatic N) is 1. The highest BCUT2D eigenvalue weighted by Crippen LogP contribution is 2.25. The molecule has 0 saturated carbocycles. The van der Waals surface area contributed by atoms with Crippen LogP contribution in [0.1, 0.15) is 37.5 Å². The first-order chi connectivity index (χ1) is 16.4. The first-order valence-corrected chi connectivity index (χ1v) is 11.4. The third-order valence-electron chi connectivity index (χ3n) is 4.67. The first-order valence-electron chi connectivity index (χ1n) is 11.0. The van der Waals surface area contributed by atoms with E-state index in [0.717, 1.165) is 36.4 Å². The molecule has 0 fully saturated rings. The number of hydrogen-bond donors (Lipinski definition) is 2. The van der Waals surface area contributed by atoms with Crippen LogP contribution in [0.4, 0.5) is 13.2 Å². The van der Waals surface area contributed by atoms with E-state index in [1.807, 2.05) is 35.4 Å². The first kappa shape index (κ1) is 31.9. The van der Waals surface area contributed by atoms with Gasteiger partial charge in [0.05, 0.1) is 20.4 Å². The van der Waals surface area contributed by atoms with Crippen molar-refractivity contribution in [1.29, 1.82) is 0 Å². The maximum Gasteiger partial charge on any atom is 0.159 e. The van der Waals surface area contributed by atoms with Crippen LogP contribution in [0.5, 0.6) is 5.75 Å². The van der Waals surface area contributed by atoms with Gasteiger partial charge < -0.3 is 24.3 Å². The SMILES string of the molecule is CC.CF.COc1ccc2c(CCN(C)C)c[nH]c2c1.OCCC(OP)c1ccc(F)c(F)c1. The van der Waals surface area contributed by atoms with Crippen LogP contribution in [0.25, 0.3) is 10.9 Å². The van der Waals surface area contributed by atoms with Gasteiger partial charge in [-0.15, -0.1) is 0 Å². The van der Waals surface area contributed by atoms with Crippen LogP contribution in [0.15, 0.2) is 42.6 Å². The number of likely N-dealkylation sites (N-methyl/N-ethyl adjacent to an activating group) is 1. The number of alkyl halides is 1. The Morgan fingerprint density at radius 1 is 1.06 bits per heavy atom. The number of H-pyrrole nitrogens is 1. The van der Waals surface area contributed by atoms with E-state index >= 15 is 0 Å². The Morgan fingerprint density at radius 3 is 2.26 bits per heavy atom. The Labute approximate surface area is 203 Å². The summed E-state index contributed by atoms with van der Waals surface area (Å²) in [4.78, 5) is 5.48. The molecule has 192 valence electrons.